The Bertz CT molecular complexity index is 908. The molecule has 2 heterocycles. The molecule has 2 aromatic rings. The van der Waals surface area contributed by atoms with Crippen molar-refractivity contribution in [2.24, 2.45) is 5.92 Å². The molecule has 1 aromatic heterocycles. The maximum absolute atomic E-state index is 12.7. The lowest BCUT2D eigenvalue weighted by Gasteiger charge is -2.30. The molecule has 1 saturated heterocycles. The van der Waals surface area contributed by atoms with Gasteiger partial charge in [-0.3, -0.25) is 4.79 Å². The van der Waals surface area contributed by atoms with E-state index in [1.54, 1.807) is 17.5 Å². The summed E-state index contributed by atoms with van der Waals surface area (Å²) >= 11 is 1.21. The van der Waals surface area contributed by atoms with Crippen LogP contribution < -0.4 is 10.2 Å². The molecule has 1 amide bonds. The van der Waals surface area contributed by atoms with Crippen LogP contribution in [0.5, 0.6) is 0 Å². The molecule has 0 spiro atoms. The smallest absolute Gasteiger partial charge is 0.252 e. The van der Waals surface area contributed by atoms with Crippen molar-refractivity contribution in [2.75, 3.05) is 37.4 Å². The van der Waals surface area contributed by atoms with Gasteiger partial charge in [0, 0.05) is 38.6 Å². The van der Waals surface area contributed by atoms with Gasteiger partial charge in [-0.1, -0.05) is 6.07 Å². The average molecular weight is 408 g/mol. The van der Waals surface area contributed by atoms with E-state index in [0.717, 1.165) is 16.9 Å². The third kappa shape index (κ3) is 4.34. The van der Waals surface area contributed by atoms with Gasteiger partial charge >= 0.3 is 0 Å². The first kappa shape index (κ1) is 19.9. The van der Waals surface area contributed by atoms with Crippen LogP contribution in [0, 0.1) is 12.8 Å². The third-order valence-corrected chi connectivity index (χ3v) is 8.03. The molecule has 0 saturated carbocycles. The van der Waals surface area contributed by atoms with Crippen molar-refractivity contribution in [1.29, 1.82) is 0 Å². The van der Waals surface area contributed by atoms with Crippen molar-refractivity contribution in [3.05, 3.63) is 41.3 Å². The van der Waals surface area contributed by atoms with Gasteiger partial charge in [0.05, 0.1) is 5.92 Å². The molecule has 6 nitrogen and oxygen atoms in total. The summed E-state index contributed by atoms with van der Waals surface area (Å²) in [6, 6.07) is 9.13. The highest BCUT2D eigenvalue weighted by atomic mass is 32.2. The normalized spacial score (nSPS) is 18.3. The molecule has 1 N–H and O–H groups in total. The van der Waals surface area contributed by atoms with Crippen molar-refractivity contribution in [2.45, 2.75) is 24.0 Å². The number of rotatable bonds is 5. The van der Waals surface area contributed by atoms with Gasteiger partial charge in [-0.15, -0.1) is 11.3 Å². The quantitative estimate of drug-likeness (QED) is 0.827. The first-order chi connectivity index (χ1) is 12.8. The molecule has 1 aromatic carbocycles. The summed E-state index contributed by atoms with van der Waals surface area (Å²) < 4.78 is 27.2. The van der Waals surface area contributed by atoms with Gasteiger partial charge in [-0.05, 0) is 55.0 Å². The van der Waals surface area contributed by atoms with Crippen LogP contribution in [0.3, 0.4) is 0 Å². The topological polar surface area (TPSA) is 69.7 Å². The van der Waals surface area contributed by atoms with Crippen molar-refractivity contribution >= 4 is 38.6 Å². The van der Waals surface area contributed by atoms with Crippen LogP contribution in [-0.4, -0.2) is 45.8 Å². The summed E-state index contributed by atoms with van der Waals surface area (Å²) in [6.07, 6.45) is 1.37. The second-order valence-electron chi connectivity index (χ2n) is 7.02. The fourth-order valence-electron chi connectivity index (χ4n) is 3.39. The van der Waals surface area contributed by atoms with E-state index in [1.807, 2.05) is 44.1 Å². The van der Waals surface area contributed by atoms with E-state index < -0.39 is 10.0 Å². The Morgan fingerprint density at radius 1 is 1.30 bits per heavy atom. The van der Waals surface area contributed by atoms with Crippen molar-refractivity contribution in [3.63, 3.8) is 0 Å². The van der Waals surface area contributed by atoms with Crippen LogP contribution in [0.1, 0.15) is 18.4 Å². The van der Waals surface area contributed by atoms with E-state index in [2.05, 4.69) is 5.32 Å². The molecular formula is C19H25N3O3S2. The van der Waals surface area contributed by atoms with Crippen LogP contribution in [0.15, 0.2) is 39.9 Å². The minimum Gasteiger partial charge on any atom is -0.377 e. The van der Waals surface area contributed by atoms with Gasteiger partial charge in [-0.25, -0.2) is 8.42 Å². The number of carbonyl (C=O) groups excluding carboxylic acids is 1. The highest BCUT2D eigenvalue weighted by Gasteiger charge is 2.33. The van der Waals surface area contributed by atoms with Crippen LogP contribution in [0.4, 0.5) is 11.4 Å². The number of hydrogen-bond donors (Lipinski definition) is 1. The summed E-state index contributed by atoms with van der Waals surface area (Å²) in [5, 5.41) is 4.70. The van der Waals surface area contributed by atoms with Gasteiger partial charge in [0.15, 0.2) is 0 Å². The number of piperidine rings is 1. The maximum Gasteiger partial charge on any atom is 0.252 e. The second kappa shape index (κ2) is 8.00. The largest absolute Gasteiger partial charge is 0.377 e. The molecular weight excluding hydrogens is 382 g/mol. The Morgan fingerprint density at radius 3 is 2.70 bits per heavy atom. The van der Waals surface area contributed by atoms with Gasteiger partial charge < -0.3 is 10.2 Å². The molecule has 27 heavy (non-hydrogen) atoms. The molecule has 0 bridgehead atoms. The first-order valence-electron chi connectivity index (χ1n) is 8.91. The summed E-state index contributed by atoms with van der Waals surface area (Å²) in [7, 11) is 0.441. The standard InChI is InChI=1S/C19H25N3O3S2/c1-14-12-16(8-9-17(14)21(2)3)20-19(23)15-6-4-10-22(13-15)27(24,25)18-7-5-11-26-18/h5,7-9,11-12,15H,4,6,10,13H2,1-3H3,(H,20,23). The molecule has 1 unspecified atom stereocenters. The second-order valence-corrected chi connectivity index (χ2v) is 10.1. The summed E-state index contributed by atoms with van der Waals surface area (Å²) in [4.78, 5) is 14.7. The molecule has 1 fully saturated rings. The SMILES string of the molecule is Cc1cc(NC(=O)C2CCCN(S(=O)(=O)c3cccs3)C2)ccc1N(C)C. The predicted molar refractivity (Wildman–Crippen MR) is 110 cm³/mol. The van der Waals surface area contributed by atoms with Gasteiger partial charge in [0.1, 0.15) is 4.21 Å². The van der Waals surface area contributed by atoms with Crippen LogP contribution >= 0.6 is 11.3 Å². The fourth-order valence-corrected chi connectivity index (χ4v) is 6.06. The number of sulfonamides is 1. The van der Waals surface area contributed by atoms with Gasteiger partial charge in [0.25, 0.3) is 10.0 Å². The van der Waals surface area contributed by atoms with E-state index in [9.17, 15) is 13.2 Å². The zero-order chi connectivity index (χ0) is 19.6. The number of nitrogens with one attached hydrogen (secondary N) is 1. The lowest BCUT2D eigenvalue weighted by molar-refractivity contribution is -0.120. The minimum absolute atomic E-state index is 0.127. The zero-order valence-corrected chi connectivity index (χ0v) is 17.4. The van der Waals surface area contributed by atoms with Crippen molar-refractivity contribution < 1.29 is 13.2 Å². The number of aryl methyl sites for hydroxylation is 1. The Labute approximate surface area is 164 Å². The maximum atomic E-state index is 12.7. The Morgan fingerprint density at radius 2 is 2.07 bits per heavy atom. The van der Waals surface area contributed by atoms with Crippen LogP contribution in [0.2, 0.25) is 0 Å². The van der Waals surface area contributed by atoms with E-state index in [-0.39, 0.29) is 18.4 Å². The average Bonchev–Trinajstić information content (AvgIpc) is 3.17. The first-order valence-corrected chi connectivity index (χ1v) is 11.2. The lowest BCUT2D eigenvalue weighted by atomic mass is 9.98. The summed E-state index contributed by atoms with van der Waals surface area (Å²) in [5.74, 6) is -0.472. The Balaban J connectivity index is 1.69. The number of amides is 1. The molecule has 1 aliphatic heterocycles. The van der Waals surface area contributed by atoms with E-state index in [4.69, 9.17) is 0 Å². The fraction of sp³-hybridized carbons (Fsp3) is 0.421. The number of hydrogen-bond acceptors (Lipinski definition) is 5. The van der Waals surface area contributed by atoms with Gasteiger partial charge in [0.2, 0.25) is 5.91 Å². The molecule has 1 atom stereocenters. The minimum atomic E-state index is -3.51. The molecule has 8 heteroatoms. The van der Waals surface area contributed by atoms with Gasteiger partial charge in [-0.2, -0.15) is 4.31 Å². The number of anilines is 2. The Hall–Kier alpha value is -1.90. The molecule has 0 radical (unpaired) electrons. The molecule has 146 valence electrons. The highest BCUT2D eigenvalue weighted by molar-refractivity contribution is 7.91. The van der Waals surface area contributed by atoms with Crippen molar-refractivity contribution in [1.82, 2.24) is 4.31 Å². The van der Waals surface area contributed by atoms with E-state index >= 15 is 0 Å². The van der Waals surface area contributed by atoms with Crippen LogP contribution in [-0.2, 0) is 14.8 Å². The van der Waals surface area contributed by atoms with E-state index in [1.165, 1.54) is 15.6 Å². The zero-order valence-electron chi connectivity index (χ0n) is 15.8. The molecule has 0 aliphatic carbocycles. The molecule has 1 aliphatic rings. The number of thiophene rings is 1. The number of benzene rings is 1. The van der Waals surface area contributed by atoms with Crippen molar-refractivity contribution in [3.8, 4) is 0 Å². The lowest BCUT2D eigenvalue weighted by Crippen LogP contribution is -2.43. The highest BCUT2D eigenvalue weighted by Crippen LogP contribution is 2.28. The summed E-state index contributed by atoms with van der Waals surface area (Å²) in [6.45, 7) is 2.68. The number of carbonyl (C=O) groups is 1. The van der Waals surface area contributed by atoms with E-state index in [0.29, 0.717) is 23.6 Å². The Kier molecular flexibility index (Phi) is 5.88. The van der Waals surface area contributed by atoms with Crippen LogP contribution in [0.25, 0.3) is 0 Å². The summed E-state index contributed by atoms with van der Waals surface area (Å²) in [5.41, 5.74) is 2.91. The molecule has 3 rings (SSSR count). The monoisotopic (exact) mass is 407 g/mol. The predicted octanol–water partition coefficient (Wildman–Crippen LogP) is 3.16. The third-order valence-electron chi connectivity index (χ3n) is 4.79. The number of nitrogens with zero attached hydrogens (tertiary/aromatic N) is 2.